The number of benzene rings is 2. The molecule has 33 heavy (non-hydrogen) atoms. The highest BCUT2D eigenvalue weighted by molar-refractivity contribution is 6.36. The van der Waals surface area contributed by atoms with Crippen molar-refractivity contribution in [1.29, 1.82) is 0 Å². The lowest BCUT2D eigenvalue weighted by molar-refractivity contribution is -0.142. The topological polar surface area (TPSA) is 58.6 Å². The average molecular weight is 493 g/mol. The molecule has 0 fully saturated rings. The van der Waals surface area contributed by atoms with E-state index in [2.05, 4.69) is 33.0 Å². The summed E-state index contributed by atoms with van der Waals surface area (Å²) in [4.78, 5) is 27.4. The van der Waals surface area contributed by atoms with Gasteiger partial charge in [0.05, 0.1) is 0 Å². The van der Waals surface area contributed by atoms with Crippen molar-refractivity contribution in [2.24, 2.45) is 0 Å². The number of rotatable bonds is 10. The summed E-state index contributed by atoms with van der Waals surface area (Å²) in [7, 11) is 0. The number of hydrogen-bond acceptors (Lipinski definition) is 3. The number of amides is 2. The molecule has 0 heterocycles. The van der Waals surface area contributed by atoms with Crippen LogP contribution in [0.4, 0.5) is 0 Å². The van der Waals surface area contributed by atoms with Crippen molar-refractivity contribution in [2.45, 2.75) is 65.5 Å². The third-order valence-electron chi connectivity index (χ3n) is 5.47. The zero-order valence-electron chi connectivity index (χ0n) is 20.1. The van der Waals surface area contributed by atoms with Crippen LogP contribution in [0, 0.1) is 0 Å². The van der Waals surface area contributed by atoms with Crippen LogP contribution in [0.25, 0.3) is 0 Å². The predicted octanol–water partition coefficient (Wildman–Crippen LogP) is 6.00. The molecule has 5 nitrogen and oxygen atoms in total. The summed E-state index contributed by atoms with van der Waals surface area (Å²) in [5, 5.41) is 3.77. The van der Waals surface area contributed by atoms with Crippen LogP contribution in [0.1, 0.15) is 58.6 Å². The van der Waals surface area contributed by atoms with Crippen molar-refractivity contribution in [3.63, 3.8) is 0 Å². The fourth-order valence-electron chi connectivity index (χ4n) is 3.25. The lowest BCUT2D eigenvalue weighted by atomic mass is 9.87. The number of unbranched alkanes of at least 4 members (excludes halogenated alkanes) is 1. The molecule has 0 saturated heterocycles. The van der Waals surface area contributed by atoms with Gasteiger partial charge in [-0.1, -0.05) is 75.5 Å². The number of halogens is 2. The lowest BCUT2D eigenvalue weighted by Gasteiger charge is -2.29. The number of nitrogens with one attached hydrogen (secondary N) is 1. The monoisotopic (exact) mass is 492 g/mol. The van der Waals surface area contributed by atoms with Gasteiger partial charge in [-0.2, -0.15) is 0 Å². The van der Waals surface area contributed by atoms with Crippen LogP contribution in [-0.4, -0.2) is 35.9 Å². The second-order valence-corrected chi connectivity index (χ2v) is 9.92. The normalized spacial score (nSPS) is 12.2. The summed E-state index contributed by atoms with van der Waals surface area (Å²) in [6.45, 7) is 10.6. The largest absolute Gasteiger partial charge is 0.484 e. The van der Waals surface area contributed by atoms with Crippen LogP contribution < -0.4 is 10.1 Å². The summed E-state index contributed by atoms with van der Waals surface area (Å²) >= 11 is 12.7. The van der Waals surface area contributed by atoms with Crippen LogP contribution in [0.2, 0.25) is 10.0 Å². The van der Waals surface area contributed by atoms with E-state index in [4.69, 9.17) is 27.9 Å². The van der Waals surface area contributed by atoms with Crippen LogP contribution >= 0.6 is 23.2 Å². The molecule has 0 unspecified atom stereocenters. The Balaban J connectivity index is 2.17. The molecular weight excluding hydrogens is 459 g/mol. The summed E-state index contributed by atoms with van der Waals surface area (Å²) < 4.78 is 5.75. The van der Waals surface area contributed by atoms with E-state index < -0.39 is 6.04 Å². The molecule has 0 spiro atoms. The quantitative estimate of drug-likeness (QED) is 0.413. The fourth-order valence-corrected chi connectivity index (χ4v) is 3.77. The molecule has 2 amide bonds. The Kier molecular flexibility index (Phi) is 10.1. The summed E-state index contributed by atoms with van der Waals surface area (Å²) in [5.74, 6) is 0.0330. The maximum atomic E-state index is 13.2. The van der Waals surface area contributed by atoms with Gasteiger partial charge >= 0.3 is 0 Å². The van der Waals surface area contributed by atoms with E-state index >= 15 is 0 Å². The molecule has 0 aliphatic heterocycles. The molecule has 2 rings (SSSR count). The second kappa shape index (κ2) is 12.3. The van der Waals surface area contributed by atoms with E-state index in [1.54, 1.807) is 25.1 Å². The van der Waals surface area contributed by atoms with Crippen molar-refractivity contribution in [3.05, 3.63) is 63.6 Å². The molecule has 0 saturated carbocycles. The van der Waals surface area contributed by atoms with Gasteiger partial charge in [-0.05, 0) is 48.6 Å². The zero-order valence-corrected chi connectivity index (χ0v) is 21.6. The first-order valence-corrected chi connectivity index (χ1v) is 12.0. The predicted molar refractivity (Wildman–Crippen MR) is 135 cm³/mol. The number of nitrogens with zero attached hydrogens (tertiary/aromatic N) is 1. The minimum Gasteiger partial charge on any atom is -0.484 e. The highest BCUT2D eigenvalue weighted by Crippen LogP contribution is 2.27. The Morgan fingerprint density at radius 3 is 2.21 bits per heavy atom. The van der Waals surface area contributed by atoms with Crippen LogP contribution in [0.5, 0.6) is 5.75 Å². The summed E-state index contributed by atoms with van der Waals surface area (Å²) in [5.41, 5.74) is 1.80. The first-order chi connectivity index (χ1) is 15.5. The standard InChI is InChI=1S/C26H34Cl2N2O3/c1-6-7-15-29-25(32)18(2)30(16-21-22(27)9-8-10-23(21)28)24(31)17-33-20-13-11-19(12-14-20)26(3,4)5/h8-14,18H,6-7,15-17H2,1-5H3,(H,29,32)/t18-/m1/s1. The molecule has 2 aromatic carbocycles. The molecule has 0 radical (unpaired) electrons. The van der Waals surface area contributed by atoms with Crippen LogP contribution in [-0.2, 0) is 21.5 Å². The molecule has 7 heteroatoms. The molecule has 1 atom stereocenters. The molecule has 0 bridgehead atoms. The smallest absolute Gasteiger partial charge is 0.261 e. The van der Waals surface area contributed by atoms with Gasteiger partial charge in [0.2, 0.25) is 5.91 Å². The molecule has 0 aliphatic rings. The third-order valence-corrected chi connectivity index (χ3v) is 6.18. The van der Waals surface area contributed by atoms with Gasteiger partial charge in [-0.3, -0.25) is 9.59 Å². The molecule has 2 aromatic rings. The van der Waals surface area contributed by atoms with Crippen molar-refractivity contribution in [3.8, 4) is 5.75 Å². The van der Waals surface area contributed by atoms with E-state index in [9.17, 15) is 9.59 Å². The van der Waals surface area contributed by atoms with Crippen LogP contribution in [0.3, 0.4) is 0 Å². The Bertz CT molecular complexity index is 919. The summed E-state index contributed by atoms with van der Waals surface area (Å²) in [6.07, 6.45) is 1.84. The minimum absolute atomic E-state index is 0.0277. The number of carbonyl (C=O) groups is 2. The number of ether oxygens (including phenoxy) is 1. The minimum atomic E-state index is -0.714. The maximum Gasteiger partial charge on any atom is 0.261 e. The molecular formula is C26H34Cl2N2O3. The van der Waals surface area contributed by atoms with Crippen molar-refractivity contribution >= 4 is 35.0 Å². The van der Waals surface area contributed by atoms with Crippen molar-refractivity contribution < 1.29 is 14.3 Å². The van der Waals surface area contributed by atoms with E-state index in [1.165, 1.54) is 10.5 Å². The van der Waals surface area contributed by atoms with Gasteiger partial charge in [0.15, 0.2) is 6.61 Å². The van der Waals surface area contributed by atoms with Gasteiger partial charge in [0.25, 0.3) is 5.91 Å². The van der Waals surface area contributed by atoms with E-state index in [-0.39, 0.29) is 30.4 Å². The van der Waals surface area contributed by atoms with E-state index in [0.717, 1.165) is 12.8 Å². The Labute approximate surface area is 207 Å². The van der Waals surface area contributed by atoms with Gasteiger partial charge < -0.3 is 15.0 Å². The van der Waals surface area contributed by atoms with Crippen LogP contribution in [0.15, 0.2) is 42.5 Å². The van der Waals surface area contributed by atoms with E-state index in [0.29, 0.717) is 27.9 Å². The van der Waals surface area contributed by atoms with Crippen molar-refractivity contribution in [2.75, 3.05) is 13.2 Å². The molecule has 0 aliphatic carbocycles. The van der Waals surface area contributed by atoms with Gasteiger partial charge in [0, 0.05) is 28.7 Å². The molecule has 180 valence electrons. The lowest BCUT2D eigenvalue weighted by Crippen LogP contribution is -2.49. The van der Waals surface area contributed by atoms with Gasteiger partial charge in [-0.25, -0.2) is 0 Å². The number of carbonyl (C=O) groups excluding carboxylic acids is 2. The summed E-state index contributed by atoms with van der Waals surface area (Å²) in [6, 6.07) is 12.1. The first kappa shape index (κ1) is 27.0. The Morgan fingerprint density at radius 2 is 1.67 bits per heavy atom. The molecule has 0 aromatic heterocycles. The Morgan fingerprint density at radius 1 is 1.06 bits per heavy atom. The third kappa shape index (κ3) is 7.94. The Hall–Kier alpha value is -2.24. The average Bonchev–Trinajstić information content (AvgIpc) is 2.76. The van der Waals surface area contributed by atoms with Crippen molar-refractivity contribution in [1.82, 2.24) is 10.2 Å². The molecule has 1 N–H and O–H groups in total. The van der Waals surface area contributed by atoms with Gasteiger partial charge in [0.1, 0.15) is 11.8 Å². The fraction of sp³-hybridized carbons (Fsp3) is 0.462. The van der Waals surface area contributed by atoms with E-state index in [1.807, 2.05) is 24.3 Å². The highest BCUT2D eigenvalue weighted by atomic mass is 35.5. The van der Waals surface area contributed by atoms with Gasteiger partial charge in [-0.15, -0.1) is 0 Å². The first-order valence-electron chi connectivity index (χ1n) is 11.3. The number of hydrogen-bond donors (Lipinski definition) is 1. The SMILES string of the molecule is CCCCNC(=O)[C@@H](C)N(Cc1c(Cl)cccc1Cl)C(=O)COc1ccc(C(C)(C)C)cc1. The second-order valence-electron chi connectivity index (χ2n) is 9.11. The maximum absolute atomic E-state index is 13.2. The zero-order chi connectivity index (χ0) is 24.6. The highest BCUT2D eigenvalue weighted by Gasteiger charge is 2.27.